The van der Waals surface area contributed by atoms with Crippen LogP contribution in [0.2, 0.25) is 10.0 Å². The maximum absolute atomic E-state index is 12.5. The Kier molecular flexibility index (Phi) is 5.02. The van der Waals surface area contributed by atoms with Gasteiger partial charge in [0.15, 0.2) is 0 Å². The highest BCUT2D eigenvalue weighted by molar-refractivity contribution is 6.42. The fourth-order valence-corrected chi connectivity index (χ4v) is 4.56. The van der Waals surface area contributed by atoms with E-state index in [1.54, 1.807) is 24.1 Å². The number of likely N-dealkylation sites (N-methyl/N-ethyl adjacent to an activating group) is 1. The van der Waals surface area contributed by atoms with Crippen molar-refractivity contribution in [1.82, 2.24) is 10.2 Å². The molecule has 1 saturated carbocycles. The summed E-state index contributed by atoms with van der Waals surface area (Å²) in [4.78, 5) is 26.5. The smallest absolute Gasteiger partial charge is 0.251 e. The van der Waals surface area contributed by atoms with E-state index in [0.29, 0.717) is 21.5 Å². The summed E-state index contributed by atoms with van der Waals surface area (Å²) in [5.41, 5.74) is 0.303. The van der Waals surface area contributed by atoms with Crippen molar-refractivity contribution in [3.8, 4) is 0 Å². The molecule has 25 heavy (non-hydrogen) atoms. The number of nitrogens with one attached hydrogen (secondary N) is 1. The van der Waals surface area contributed by atoms with Gasteiger partial charge in [-0.2, -0.15) is 0 Å². The first-order valence-electron chi connectivity index (χ1n) is 8.34. The molecule has 0 unspecified atom stereocenters. The number of fused-ring (bicyclic) bond motifs is 1. The summed E-state index contributed by atoms with van der Waals surface area (Å²) in [5, 5.41) is 3.34. The van der Waals surface area contributed by atoms with Crippen LogP contribution in [-0.2, 0) is 9.53 Å². The fourth-order valence-electron chi connectivity index (χ4n) is 4.26. The third-order valence-electron chi connectivity index (χ3n) is 5.43. The summed E-state index contributed by atoms with van der Waals surface area (Å²) in [7, 11) is 1.80. The van der Waals surface area contributed by atoms with Gasteiger partial charge in [0.1, 0.15) is 0 Å². The minimum Gasteiger partial charge on any atom is -0.377 e. The van der Waals surface area contributed by atoms with E-state index in [-0.39, 0.29) is 35.9 Å². The van der Waals surface area contributed by atoms with E-state index >= 15 is 0 Å². The molecule has 1 aromatic carbocycles. The van der Waals surface area contributed by atoms with Gasteiger partial charge < -0.3 is 15.0 Å². The molecule has 1 aromatic rings. The van der Waals surface area contributed by atoms with Gasteiger partial charge in [-0.3, -0.25) is 9.59 Å². The van der Waals surface area contributed by atoms with Crippen molar-refractivity contribution < 1.29 is 14.3 Å². The molecule has 0 bridgehead atoms. The van der Waals surface area contributed by atoms with Crippen LogP contribution in [0.15, 0.2) is 18.2 Å². The highest BCUT2D eigenvalue weighted by Gasteiger charge is 2.61. The van der Waals surface area contributed by atoms with Crippen LogP contribution in [0.3, 0.4) is 0 Å². The van der Waals surface area contributed by atoms with Gasteiger partial charge in [0.05, 0.1) is 22.7 Å². The van der Waals surface area contributed by atoms with Gasteiger partial charge in [-0.15, -0.1) is 0 Å². The lowest BCUT2D eigenvalue weighted by Crippen LogP contribution is -2.67. The number of amides is 2. The normalized spacial score (nSPS) is 26.5. The van der Waals surface area contributed by atoms with Crippen molar-refractivity contribution in [2.45, 2.75) is 32.4 Å². The van der Waals surface area contributed by atoms with E-state index in [0.717, 1.165) is 13.0 Å². The number of hydrogen-bond acceptors (Lipinski definition) is 3. The average molecular weight is 385 g/mol. The molecule has 1 aliphatic carbocycles. The number of carbonyl (C=O) groups is 2. The molecule has 1 N–H and O–H groups in total. The number of halogens is 2. The minimum atomic E-state index is -0.352. The van der Waals surface area contributed by atoms with Crippen molar-refractivity contribution in [3.63, 3.8) is 0 Å². The van der Waals surface area contributed by atoms with Crippen LogP contribution >= 0.6 is 23.2 Å². The molecular weight excluding hydrogens is 363 g/mol. The second kappa shape index (κ2) is 6.78. The second-order valence-corrected chi connectivity index (χ2v) is 8.14. The SMILES string of the molecule is CN(C(=O)CNC(=O)c1ccc(Cl)c(Cl)c1)[C@@H]1[C@@H]2CCO[C@H]2C1(C)C. The minimum absolute atomic E-state index is 0.0552. The largest absolute Gasteiger partial charge is 0.377 e. The van der Waals surface area contributed by atoms with Crippen LogP contribution in [0.25, 0.3) is 0 Å². The fraction of sp³-hybridized carbons (Fsp3) is 0.556. The van der Waals surface area contributed by atoms with Crippen molar-refractivity contribution in [2.24, 2.45) is 11.3 Å². The number of hydrogen-bond donors (Lipinski definition) is 1. The number of nitrogens with zero attached hydrogens (tertiary/aromatic N) is 1. The Morgan fingerprint density at radius 1 is 1.32 bits per heavy atom. The third kappa shape index (κ3) is 3.25. The van der Waals surface area contributed by atoms with Crippen LogP contribution in [-0.4, -0.2) is 49.1 Å². The number of rotatable bonds is 4. The van der Waals surface area contributed by atoms with Gasteiger partial charge in [0, 0.05) is 36.6 Å². The summed E-state index contributed by atoms with van der Waals surface area (Å²) in [6.07, 6.45) is 1.20. The van der Waals surface area contributed by atoms with Gasteiger partial charge >= 0.3 is 0 Å². The summed E-state index contributed by atoms with van der Waals surface area (Å²) in [6, 6.07) is 4.76. The summed E-state index contributed by atoms with van der Waals surface area (Å²) in [5.74, 6) is -0.0816. The number of carbonyl (C=O) groups excluding carboxylic acids is 2. The van der Waals surface area contributed by atoms with E-state index in [2.05, 4.69) is 19.2 Å². The Morgan fingerprint density at radius 2 is 2.04 bits per heavy atom. The molecule has 1 heterocycles. The van der Waals surface area contributed by atoms with Crippen molar-refractivity contribution in [2.75, 3.05) is 20.2 Å². The first-order chi connectivity index (χ1) is 11.7. The predicted octanol–water partition coefficient (Wildman–Crippen LogP) is 3.00. The zero-order chi connectivity index (χ0) is 18.4. The van der Waals surface area contributed by atoms with Crippen molar-refractivity contribution in [3.05, 3.63) is 33.8 Å². The molecule has 5 nitrogen and oxygen atoms in total. The molecule has 3 atom stereocenters. The quantitative estimate of drug-likeness (QED) is 0.867. The van der Waals surface area contributed by atoms with E-state index in [4.69, 9.17) is 27.9 Å². The second-order valence-electron chi connectivity index (χ2n) is 7.33. The van der Waals surface area contributed by atoms with Crippen LogP contribution in [0.5, 0.6) is 0 Å². The number of ether oxygens (including phenoxy) is 1. The van der Waals surface area contributed by atoms with Crippen LogP contribution in [0, 0.1) is 11.3 Å². The molecule has 0 radical (unpaired) electrons. The molecule has 2 amide bonds. The molecule has 0 aromatic heterocycles. The van der Waals surface area contributed by atoms with Gasteiger partial charge in [-0.05, 0) is 24.6 Å². The lowest BCUT2D eigenvalue weighted by Gasteiger charge is -2.57. The third-order valence-corrected chi connectivity index (χ3v) is 6.17. The first kappa shape index (κ1) is 18.5. The average Bonchev–Trinajstić information content (AvgIpc) is 3.00. The van der Waals surface area contributed by atoms with Gasteiger partial charge in [0.2, 0.25) is 5.91 Å². The van der Waals surface area contributed by atoms with Crippen LogP contribution in [0.4, 0.5) is 0 Å². The Hall–Kier alpha value is -1.30. The molecule has 2 fully saturated rings. The first-order valence-corrected chi connectivity index (χ1v) is 9.09. The summed E-state index contributed by atoms with van der Waals surface area (Å²) >= 11 is 11.8. The molecule has 2 aliphatic rings. The van der Waals surface area contributed by atoms with Crippen molar-refractivity contribution >= 4 is 35.0 Å². The Balaban J connectivity index is 1.58. The van der Waals surface area contributed by atoms with Gasteiger partial charge in [-0.25, -0.2) is 0 Å². The lowest BCUT2D eigenvalue weighted by atomic mass is 9.57. The molecular formula is C18H22Cl2N2O3. The molecule has 1 saturated heterocycles. The summed E-state index contributed by atoms with van der Waals surface area (Å²) in [6.45, 7) is 4.95. The van der Waals surface area contributed by atoms with E-state index < -0.39 is 0 Å². The zero-order valence-corrected chi connectivity index (χ0v) is 16.0. The van der Waals surface area contributed by atoms with E-state index in [9.17, 15) is 9.59 Å². The van der Waals surface area contributed by atoms with Crippen molar-refractivity contribution in [1.29, 1.82) is 0 Å². The van der Waals surface area contributed by atoms with Crippen LogP contribution in [0.1, 0.15) is 30.6 Å². The van der Waals surface area contributed by atoms with Gasteiger partial charge in [0.25, 0.3) is 5.91 Å². The highest BCUT2D eigenvalue weighted by atomic mass is 35.5. The maximum atomic E-state index is 12.5. The molecule has 0 spiro atoms. The lowest BCUT2D eigenvalue weighted by molar-refractivity contribution is -0.166. The topological polar surface area (TPSA) is 58.6 Å². The highest BCUT2D eigenvalue weighted by Crippen LogP contribution is 2.54. The van der Waals surface area contributed by atoms with Gasteiger partial charge in [-0.1, -0.05) is 37.0 Å². The molecule has 1 aliphatic heterocycles. The standard InChI is InChI=1S/C18H22Cl2N2O3/c1-18(2)15(11-6-7-25-16(11)18)22(3)14(23)9-21-17(24)10-4-5-12(19)13(20)8-10/h4-5,8,11,15-16H,6-7,9H2,1-3H3,(H,21,24)/t11-,15+,16+/m0/s1. The summed E-state index contributed by atoms with van der Waals surface area (Å²) < 4.78 is 5.77. The molecule has 7 heteroatoms. The van der Waals surface area contributed by atoms with E-state index in [1.807, 2.05) is 0 Å². The molecule has 3 rings (SSSR count). The maximum Gasteiger partial charge on any atom is 0.251 e. The Bertz CT molecular complexity index is 708. The monoisotopic (exact) mass is 384 g/mol. The van der Waals surface area contributed by atoms with E-state index in [1.165, 1.54) is 6.07 Å². The Morgan fingerprint density at radius 3 is 2.72 bits per heavy atom. The Labute approximate surface area is 157 Å². The van der Waals surface area contributed by atoms with Crippen LogP contribution < -0.4 is 5.32 Å². The molecule has 136 valence electrons. The number of benzene rings is 1. The zero-order valence-electron chi connectivity index (χ0n) is 14.5. The predicted molar refractivity (Wildman–Crippen MR) is 97.0 cm³/mol.